The van der Waals surface area contributed by atoms with Crippen LogP contribution >= 0.6 is 15.9 Å². The van der Waals surface area contributed by atoms with E-state index in [0.717, 1.165) is 0 Å². The average Bonchev–Trinajstić information content (AvgIpc) is 2.37. The van der Waals surface area contributed by atoms with Crippen LogP contribution in [0, 0.1) is 0 Å². The van der Waals surface area contributed by atoms with Crippen molar-refractivity contribution in [2.75, 3.05) is 5.33 Å². The summed E-state index contributed by atoms with van der Waals surface area (Å²) in [5.41, 5.74) is 0.367. The number of ketones is 1. The van der Waals surface area contributed by atoms with Crippen molar-refractivity contribution in [1.82, 2.24) is 4.98 Å². The van der Waals surface area contributed by atoms with Gasteiger partial charge in [0.2, 0.25) is 0 Å². The smallest absolute Gasteiger partial charge is 0.194 e. The van der Waals surface area contributed by atoms with E-state index in [2.05, 4.69) is 25.3 Å². The number of alkyl halides is 1. The second kappa shape index (κ2) is 2.77. The molecule has 0 aliphatic carbocycles. The Morgan fingerprint density at radius 2 is 2.67 bits per heavy atom. The van der Waals surface area contributed by atoms with E-state index in [1.807, 2.05) is 0 Å². The number of hydrogen-bond acceptors (Lipinski definition) is 3. The third-order valence-electron chi connectivity index (χ3n) is 0.839. The normalized spacial score (nSPS) is 9.44. The summed E-state index contributed by atoms with van der Waals surface area (Å²) >= 11 is 3.00. The number of rotatable bonds is 2. The molecule has 0 fully saturated rings. The van der Waals surface area contributed by atoms with Gasteiger partial charge in [0.1, 0.15) is 12.0 Å². The Morgan fingerprint density at radius 1 is 1.89 bits per heavy atom. The number of oxazole rings is 1. The monoisotopic (exact) mass is 189 g/mol. The lowest BCUT2D eigenvalue weighted by molar-refractivity contribution is 0.101. The molecule has 1 aromatic heterocycles. The minimum absolute atomic E-state index is 0.0660. The minimum atomic E-state index is -0.0660. The molecule has 0 aliphatic rings. The molecule has 0 saturated carbocycles. The molecule has 0 saturated heterocycles. The lowest BCUT2D eigenvalue weighted by Gasteiger charge is -1.82. The van der Waals surface area contributed by atoms with Crippen molar-refractivity contribution >= 4 is 21.7 Å². The van der Waals surface area contributed by atoms with Crippen LogP contribution in [0.3, 0.4) is 0 Å². The molecule has 4 heteroatoms. The summed E-state index contributed by atoms with van der Waals surface area (Å²) in [6.45, 7) is 0. The molecule has 48 valence electrons. The highest BCUT2D eigenvalue weighted by molar-refractivity contribution is 9.09. The number of aromatic nitrogens is 1. The van der Waals surface area contributed by atoms with Crippen LogP contribution < -0.4 is 0 Å². The van der Waals surface area contributed by atoms with Gasteiger partial charge in [-0.1, -0.05) is 15.9 Å². The predicted octanol–water partition coefficient (Wildman–Crippen LogP) is 1.25. The van der Waals surface area contributed by atoms with Crippen LogP contribution in [0.25, 0.3) is 0 Å². The van der Waals surface area contributed by atoms with Gasteiger partial charge in [0.25, 0.3) is 0 Å². The van der Waals surface area contributed by atoms with Gasteiger partial charge in [-0.25, -0.2) is 4.98 Å². The van der Waals surface area contributed by atoms with Gasteiger partial charge in [0.15, 0.2) is 12.2 Å². The molecule has 0 unspecified atom stereocenters. The highest BCUT2D eigenvalue weighted by atomic mass is 79.9. The van der Waals surface area contributed by atoms with E-state index in [1.54, 1.807) is 0 Å². The van der Waals surface area contributed by atoms with Gasteiger partial charge in [0.05, 0.1) is 5.33 Å². The van der Waals surface area contributed by atoms with E-state index < -0.39 is 0 Å². The molecule has 3 nitrogen and oxygen atoms in total. The maximum Gasteiger partial charge on any atom is 0.194 e. The van der Waals surface area contributed by atoms with Gasteiger partial charge in [-0.15, -0.1) is 0 Å². The first kappa shape index (κ1) is 6.48. The van der Waals surface area contributed by atoms with Crippen molar-refractivity contribution < 1.29 is 9.21 Å². The van der Waals surface area contributed by atoms with Crippen LogP contribution in [-0.4, -0.2) is 16.1 Å². The Labute approximate surface area is 60.2 Å². The highest BCUT2D eigenvalue weighted by Crippen LogP contribution is 1.97. The summed E-state index contributed by atoms with van der Waals surface area (Å²) in [4.78, 5) is 14.3. The molecule has 1 heterocycles. The van der Waals surface area contributed by atoms with Gasteiger partial charge < -0.3 is 4.42 Å². The topological polar surface area (TPSA) is 43.1 Å². The molecule has 0 amide bonds. The lowest BCUT2D eigenvalue weighted by atomic mass is 10.4. The van der Waals surface area contributed by atoms with Crippen LogP contribution in [0.4, 0.5) is 0 Å². The summed E-state index contributed by atoms with van der Waals surface area (Å²) in [5.74, 6) is -0.0660. The predicted molar refractivity (Wildman–Crippen MR) is 34.6 cm³/mol. The first-order chi connectivity index (χ1) is 4.34. The lowest BCUT2D eigenvalue weighted by Crippen LogP contribution is -1.98. The number of hydrogen-bond donors (Lipinski definition) is 0. The molecule has 0 aliphatic heterocycles. The Kier molecular flexibility index (Phi) is 2.00. The van der Waals surface area contributed by atoms with Crippen molar-refractivity contribution in [3.63, 3.8) is 0 Å². The van der Waals surface area contributed by atoms with Crippen LogP contribution in [0.15, 0.2) is 17.1 Å². The molecule has 0 aromatic carbocycles. The minimum Gasteiger partial charge on any atom is -0.451 e. The summed E-state index contributed by atoms with van der Waals surface area (Å²) in [5, 5.41) is 0.291. The Morgan fingerprint density at radius 3 is 3.11 bits per heavy atom. The summed E-state index contributed by atoms with van der Waals surface area (Å²) in [6, 6.07) is 0. The Hall–Kier alpha value is -0.640. The Balaban J connectivity index is 2.77. The number of carbonyl (C=O) groups is 1. The fourth-order valence-electron chi connectivity index (χ4n) is 0.419. The van der Waals surface area contributed by atoms with Gasteiger partial charge in [-0.2, -0.15) is 0 Å². The molecular formula is C5H4BrNO2. The van der Waals surface area contributed by atoms with Crippen molar-refractivity contribution in [1.29, 1.82) is 0 Å². The molecule has 0 bridgehead atoms. The number of Topliss-reactive ketones (excluding diaryl/α,β-unsaturated/α-hetero) is 1. The molecule has 9 heavy (non-hydrogen) atoms. The van der Waals surface area contributed by atoms with Crippen LogP contribution in [0.5, 0.6) is 0 Å². The zero-order chi connectivity index (χ0) is 6.69. The molecule has 1 aromatic rings. The molecule has 0 radical (unpaired) electrons. The molecule has 0 atom stereocenters. The van der Waals surface area contributed by atoms with E-state index in [1.165, 1.54) is 12.7 Å². The maximum atomic E-state index is 10.7. The average molecular weight is 190 g/mol. The van der Waals surface area contributed by atoms with Gasteiger partial charge in [0, 0.05) is 0 Å². The molecule has 1 rings (SSSR count). The fraction of sp³-hybridized carbons (Fsp3) is 0.200. The van der Waals surface area contributed by atoms with E-state index >= 15 is 0 Å². The highest BCUT2D eigenvalue weighted by Gasteiger charge is 2.04. The third kappa shape index (κ3) is 1.38. The summed E-state index contributed by atoms with van der Waals surface area (Å²) in [6.07, 6.45) is 2.56. The third-order valence-corrected chi connectivity index (χ3v) is 1.35. The maximum absolute atomic E-state index is 10.7. The fourth-order valence-corrected chi connectivity index (χ4v) is 0.706. The first-order valence-electron chi connectivity index (χ1n) is 2.32. The van der Waals surface area contributed by atoms with Crippen LogP contribution in [0.1, 0.15) is 10.5 Å². The van der Waals surface area contributed by atoms with Crippen molar-refractivity contribution in [3.8, 4) is 0 Å². The second-order valence-electron chi connectivity index (χ2n) is 1.43. The largest absolute Gasteiger partial charge is 0.451 e. The van der Waals surface area contributed by atoms with E-state index in [0.29, 0.717) is 11.0 Å². The van der Waals surface area contributed by atoms with Gasteiger partial charge in [-0.05, 0) is 0 Å². The van der Waals surface area contributed by atoms with Crippen molar-refractivity contribution in [3.05, 3.63) is 18.4 Å². The first-order valence-corrected chi connectivity index (χ1v) is 3.44. The standard InChI is InChI=1S/C5H4BrNO2/c6-1-5(8)4-2-9-3-7-4/h2-3H,1H2. The van der Waals surface area contributed by atoms with Crippen LogP contribution in [-0.2, 0) is 0 Å². The number of carbonyl (C=O) groups excluding carboxylic acids is 1. The van der Waals surface area contributed by atoms with Crippen molar-refractivity contribution in [2.45, 2.75) is 0 Å². The second-order valence-corrected chi connectivity index (χ2v) is 1.99. The quantitative estimate of drug-likeness (QED) is 0.520. The summed E-state index contributed by atoms with van der Waals surface area (Å²) < 4.78 is 4.58. The Bertz CT molecular complexity index is 195. The molecule has 0 spiro atoms. The van der Waals surface area contributed by atoms with Crippen molar-refractivity contribution in [2.24, 2.45) is 0 Å². The number of nitrogens with zero attached hydrogens (tertiary/aromatic N) is 1. The zero-order valence-corrected chi connectivity index (χ0v) is 6.09. The van der Waals surface area contributed by atoms with Gasteiger partial charge >= 0.3 is 0 Å². The van der Waals surface area contributed by atoms with E-state index in [4.69, 9.17) is 0 Å². The molecular weight excluding hydrogens is 186 g/mol. The van der Waals surface area contributed by atoms with Gasteiger partial charge in [-0.3, -0.25) is 4.79 Å². The summed E-state index contributed by atoms with van der Waals surface area (Å²) in [7, 11) is 0. The zero-order valence-electron chi connectivity index (χ0n) is 4.50. The van der Waals surface area contributed by atoms with Crippen LogP contribution in [0.2, 0.25) is 0 Å². The molecule has 0 N–H and O–H groups in total. The SMILES string of the molecule is O=C(CBr)c1cocn1. The van der Waals surface area contributed by atoms with E-state index in [-0.39, 0.29) is 5.78 Å². The van der Waals surface area contributed by atoms with E-state index in [9.17, 15) is 4.79 Å². The number of halogens is 1.